The van der Waals surface area contributed by atoms with Crippen molar-refractivity contribution in [2.75, 3.05) is 18.5 Å². The van der Waals surface area contributed by atoms with E-state index in [9.17, 15) is 4.79 Å². The first-order chi connectivity index (χ1) is 10.3. The second kappa shape index (κ2) is 7.29. The minimum Gasteiger partial charge on any atom is -0.492 e. The Labute approximate surface area is 134 Å². The molecule has 1 aliphatic carbocycles. The molecule has 0 unspecified atom stereocenters. The summed E-state index contributed by atoms with van der Waals surface area (Å²) in [6.07, 6.45) is 2.22. The van der Waals surface area contributed by atoms with Gasteiger partial charge in [-0.1, -0.05) is 5.16 Å². The van der Waals surface area contributed by atoms with Crippen LogP contribution in [0.1, 0.15) is 35.0 Å². The van der Waals surface area contributed by atoms with E-state index in [-0.39, 0.29) is 18.3 Å². The minimum atomic E-state index is -0.277. The number of carbonyl (C=O) groups is 1. The van der Waals surface area contributed by atoms with Gasteiger partial charge < -0.3 is 20.3 Å². The standard InChI is InChI=1S/C15H17N3O3.ClH/c16-7-8-20-12-5-3-11(4-6-12)17-15(19)13-9-14(21-18-13)10-1-2-10;/h3-6,9-10H,1-2,7-8,16H2,(H,17,19);1H. The molecule has 1 aromatic heterocycles. The first kappa shape index (κ1) is 16.3. The van der Waals surface area contributed by atoms with Crippen LogP contribution in [-0.2, 0) is 0 Å². The SMILES string of the molecule is Cl.NCCOc1ccc(NC(=O)c2cc(C3CC3)on2)cc1. The summed E-state index contributed by atoms with van der Waals surface area (Å²) < 4.78 is 10.5. The van der Waals surface area contributed by atoms with Crippen molar-refractivity contribution in [1.29, 1.82) is 0 Å². The van der Waals surface area contributed by atoms with E-state index in [0.29, 0.717) is 30.5 Å². The summed E-state index contributed by atoms with van der Waals surface area (Å²) in [5.41, 5.74) is 6.35. The van der Waals surface area contributed by atoms with Gasteiger partial charge in [-0.05, 0) is 37.1 Å². The van der Waals surface area contributed by atoms with Gasteiger partial charge >= 0.3 is 0 Å². The molecular formula is C15H18ClN3O3. The Bertz CT molecular complexity index is 623. The van der Waals surface area contributed by atoms with Gasteiger partial charge in [0.1, 0.15) is 18.1 Å². The molecular weight excluding hydrogens is 306 g/mol. The molecule has 2 aromatic rings. The Morgan fingerprint density at radius 3 is 2.73 bits per heavy atom. The molecule has 3 N–H and O–H groups in total. The molecule has 1 aromatic carbocycles. The monoisotopic (exact) mass is 323 g/mol. The third-order valence-corrected chi connectivity index (χ3v) is 3.24. The van der Waals surface area contributed by atoms with Crippen molar-refractivity contribution < 1.29 is 14.1 Å². The summed E-state index contributed by atoms with van der Waals surface area (Å²) >= 11 is 0. The van der Waals surface area contributed by atoms with Crippen LogP contribution in [0.25, 0.3) is 0 Å². The molecule has 1 fully saturated rings. The molecule has 1 heterocycles. The third kappa shape index (κ3) is 3.99. The number of hydrogen-bond donors (Lipinski definition) is 2. The summed E-state index contributed by atoms with van der Waals surface area (Å²) in [7, 11) is 0. The van der Waals surface area contributed by atoms with Crippen LogP contribution in [-0.4, -0.2) is 24.2 Å². The highest BCUT2D eigenvalue weighted by Crippen LogP contribution is 2.40. The second-order valence-electron chi connectivity index (χ2n) is 5.00. The van der Waals surface area contributed by atoms with Crippen molar-refractivity contribution >= 4 is 24.0 Å². The smallest absolute Gasteiger partial charge is 0.277 e. The summed E-state index contributed by atoms with van der Waals surface area (Å²) in [5.74, 6) is 1.68. The lowest BCUT2D eigenvalue weighted by atomic mass is 10.2. The molecule has 22 heavy (non-hydrogen) atoms. The van der Waals surface area contributed by atoms with E-state index in [1.807, 2.05) is 0 Å². The molecule has 0 radical (unpaired) electrons. The molecule has 1 aliphatic rings. The second-order valence-corrected chi connectivity index (χ2v) is 5.00. The van der Waals surface area contributed by atoms with E-state index in [1.165, 1.54) is 0 Å². The average molecular weight is 324 g/mol. The fourth-order valence-corrected chi connectivity index (χ4v) is 1.96. The minimum absolute atomic E-state index is 0. The number of hydrogen-bond acceptors (Lipinski definition) is 5. The topological polar surface area (TPSA) is 90.4 Å². The van der Waals surface area contributed by atoms with E-state index in [4.69, 9.17) is 15.0 Å². The van der Waals surface area contributed by atoms with Crippen LogP contribution in [0.3, 0.4) is 0 Å². The van der Waals surface area contributed by atoms with Crippen LogP contribution in [0.5, 0.6) is 5.75 Å². The summed E-state index contributed by atoms with van der Waals surface area (Å²) in [6.45, 7) is 0.933. The van der Waals surface area contributed by atoms with E-state index in [0.717, 1.165) is 24.4 Å². The molecule has 0 bridgehead atoms. The van der Waals surface area contributed by atoms with Gasteiger partial charge in [0.2, 0.25) is 0 Å². The quantitative estimate of drug-likeness (QED) is 0.852. The Morgan fingerprint density at radius 1 is 1.36 bits per heavy atom. The number of carbonyl (C=O) groups excluding carboxylic acids is 1. The van der Waals surface area contributed by atoms with Crippen molar-refractivity contribution in [1.82, 2.24) is 5.16 Å². The summed E-state index contributed by atoms with van der Waals surface area (Å²) in [5, 5.41) is 6.58. The zero-order valence-electron chi connectivity index (χ0n) is 12.0. The molecule has 1 amide bonds. The number of nitrogens with two attached hydrogens (primary N) is 1. The lowest BCUT2D eigenvalue weighted by molar-refractivity contribution is 0.101. The number of aromatic nitrogens is 1. The number of benzene rings is 1. The molecule has 0 spiro atoms. The number of nitrogens with zero attached hydrogens (tertiary/aromatic N) is 1. The first-order valence-electron chi connectivity index (χ1n) is 6.97. The normalized spacial score (nSPS) is 13.3. The van der Waals surface area contributed by atoms with E-state index < -0.39 is 0 Å². The van der Waals surface area contributed by atoms with E-state index >= 15 is 0 Å². The molecule has 3 rings (SSSR count). The molecule has 1 saturated carbocycles. The Hall–Kier alpha value is -2.05. The van der Waals surface area contributed by atoms with Crippen LogP contribution >= 0.6 is 12.4 Å². The number of nitrogens with one attached hydrogen (secondary N) is 1. The summed E-state index contributed by atoms with van der Waals surface area (Å²) in [4.78, 5) is 12.0. The van der Waals surface area contributed by atoms with E-state index in [1.54, 1.807) is 30.3 Å². The maximum atomic E-state index is 12.0. The van der Waals surface area contributed by atoms with Crippen LogP contribution in [0, 0.1) is 0 Å². The van der Waals surface area contributed by atoms with Gasteiger partial charge in [-0.2, -0.15) is 0 Å². The van der Waals surface area contributed by atoms with Gasteiger partial charge in [0.25, 0.3) is 5.91 Å². The van der Waals surface area contributed by atoms with Gasteiger partial charge in [-0.3, -0.25) is 4.79 Å². The maximum Gasteiger partial charge on any atom is 0.277 e. The highest BCUT2D eigenvalue weighted by molar-refractivity contribution is 6.02. The number of anilines is 1. The fraction of sp³-hybridized carbons (Fsp3) is 0.333. The third-order valence-electron chi connectivity index (χ3n) is 3.24. The van der Waals surface area contributed by atoms with Crippen molar-refractivity contribution in [3.05, 3.63) is 41.8 Å². The summed E-state index contributed by atoms with van der Waals surface area (Å²) in [6, 6.07) is 8.82. The molecule has 0 aliphatic heterocycles. The number of amides is 1. The van der Waals surface area contributed by atoms with Crippen molar-refractivity contribution in [2.24, 2.45) is 5.73 Å². The molecule has 6 nitrogen and oxygen atoms in total. The zero-order valence-corrected chi connectivity index (χ0v) is 12.8. The van der Waals surface area contributed by atoms with Gasteiger partial charge in [0.05, 0.1) is 0 Å². The molecule has 0 atom stereocenters. The van der Waals surface area contributed by atoms with Crippen LogP contribution in [0.2, 0.25) is 0 Å². The largest absolute Gasteiger partial charge is 0.492 e. The van der Waals surface area contributed by atoms with Gasteiger partial charge in [0.15, 0.2) is 5.69 Å². The lowest BCUT2D eigenvalue weighted by Crippen LogP contribution is -2.12. The predicted octanol–water partition coefficient (Wildman–Crippen LogP) is 2.56. The zero-order chi connectivity index (χ0) is 14.7. The molecule has 7 heteroatoms. The van der Waals surface area contributed by atoms with Crippen LogP contribution in [0.15, 0.2) is 34.9 Å². The van der Waals surface area contributed by atoms with Crippen molar-refractivity contribution in [3.63, 3.8) is 0 Å². The van der Waals surface area contributed by atoms with Gasteiger partial charge in [0, 0.05) is 24.2 Å². The van der Waals surface area contributed by atoms with Crippen molar-refractivity contribution in [3.8, 4) is 5.75 Å². The number of ether oxygens (including phenoxy) is 1. The molecule has 0 saturated heterocycles. The highest BCUT2D eigenvalue weighted by atomic mass is 35.5. The number of rotatable bonds is 6. The predicted molar refractivity (Wildman–Crippen MR) is 84.7 cm³/mol. The van der Waals surface area contributed by atoms with Crippen LogP contribution in [0.4, 0.5) is 5.69 Å². The van der Waals surface area contributed by atoms with Gasteiger partial charge in [-0.15, -0.1) is 12.4 Å². The Morgan fingerprint density at radius 2 is 2.09 bits per heavy atom. The van der Waals surface area contributed by atoms with E-state index in [2.05, 4.69) is 10.5 Å². The highest BCUT2D eigenvalue weighted by Gasteiger charge is 2.28. The average Bonchev–Trinajstić information content (AvgIpc) is 3.23. The maximum absolute atomic E-state index is 12.0. The van der Waals surface area contributed by atoms with Crippen molar-refractivity contribution in [2.45, 2.75) is 18.8 Å². The van der Waals surface area contributed by atoms with Gasteiger partial charge in [-0.25, -0.2) is 0 Å². The molecule has 118 valence electrons. The fourth-order valence-electron chi connectivity index (χ4n) is 1.96. The lowest BCUT2D eigenvalue weighted by Gasteiger charge is -2.06. The first-order valence-corrected chi connectivity index (χ1v) is 6.97. The Balaban J connectivity index is 0.00000176. The van der Waals surface area contributed by atoms with Crippen LogP contribution < -0.4 is 15.8 Å². The number of halogens is 1. The Kier molecular flexibility index (Phi) is 5.41.